The molecular weight excluding hydrogens is 284 g/mol. The van der Waals surface area contributed by atoms with Crippen LogP contribution in [0, 0.1) is 0 Å². The van der Waals surface area contributed by atoms with Crippen LogP contribution in [-0.4, -0.2) is 18.1 Å². The summed E-state index contributed by atoms with van der Waals surface area (Å²) in [5, 5.41) is 4.60. The van der Waals surface area contributed by atoms with Crippen molar-refractivity contribution in [3.63, 3.8) is 0 Å². The third kappa shape index (κ3) is 3.01. The minimum Gasteiger partial charge on any atom is -0.489 e. The number of H-pyrrole nitrogens is 1. The molecule has 0 unspecified atom stereocenters. The molecule has 2 N–H and O–H groups in total. The Balaban J connectivity index is 1.60. The second-order valence-electron chi connectivity index (χ2n) is 5.87. The topological polar surface area (TPSA) is 37.0 Å². The number of aromatic nitrogens is 1. The third-order valence-corrected chi connectivity index (χ3v) is 4.31. The molecule has 0 fully saturated rings. The molecule has 0 radical (unpaired) electrons. The van der Waals surface area contributed by atoms with Crippen LogP contribution in [0.4, 0.5) is 0 Å². The minimum absolute atomic E-state index is 0.596. The molecule has 2 aromatic carbocycles. The Morgan fingerprint density at radius 2 is 1.96 bits per heavy atom. The number of rotatable bonds is 4. The van der Waals surface area contributed by atoms with E-state index in [2.05, 4.69) is 46.8 Å². The predicted octanol–water partition coefficient (Wildman–Crippen LogP) is 4.12. The Morgan fingerprint density at radius 1 is 1.04 bits per heavy atom. The molecule has 0 aliphatic carbocycles. The average Bonchev–Trinajstić information content (AvgIpc) is 3.05. The van der Waals surface area contributed by atoms with Gasteiger partial charge in [-0.25, -0.2) is 0 Å². The smallest absolute Gasteiger partial charge is 0.120 e. The van der Waals surface area contributed by atoms with E-state index in [1.807, 2.05) is 24.3 Å². The van der Waals surface area contributed by atoms with Crippen molar-refractivity contribution >= 4 is 16.5 Å². The van der Waals surface area contributed by atoms with Gasteiger partial charge >= 0.3 is 0 Å². The van der Waals surface area contributed by atoms with Gasteiger partial charge in [-0.1, -0.05) is 36.4 Å². The second-order valence-corrected chi connectivity index (χ2v) is 5.87. The molecule has 2 heterocycles. The molecule has 0 amide bonds. The third-order valence-electron chi connectivity index (χ3n) is 4.31. The van der Waals surface area contributed by atoms with Crippen LogP contribution < -0.4 is 10.1 Å². The highest BCUT2D eigenvalue weighted by molar-refractivity contribution is 5.93. The minimum atomic E-state index is 0.596. The summed E-state index contributed by atoms with van der Waals surface area (Å²) in [5.74, 6) is 0.914. The van der Waals surface area contributed by atoms with E-state index in [1.165, 1.54) is 22.1 Å². The molecule has 4 rings (SSSR count). The van der Waals surface area contributed by atoms with Gasteiger partial charge in [0.1, 0.15) is 12.4 Å². The number of hydrogen-bond acceptors (Lipinski definition) is 2. The highest BCUT2D eigenvalue weighted by atomic mass is 16.5. The zero-order valence-electron chi connectivity index (χ0n) is 13.0. The first-order valence-corrected chi connectivity index (χ1v) is 8.08. The first-order chi connectivity index (χ1) is 11.4. The molecule has 0 saturated heterocycles. The molecule has 3 nitrogen and oxygen atoms in total. The lowest BCUT2D eigenvalue weighted by molar-refractivity contribution is 0.306. The van der Waals surface area contributed by atoms with E-state index in [0.717, 1.165) is 30.8 Å². The van der Waals surface area contributed by atoms with E-state index < -0.39 is 0 Å². The first kappa shape index (κ1) is 14.1. The molecule has 1 aliphatic rings. The summed E-state index contributed by atoms with van der Waals surface area (Å²) in [4.78, 5) is 3.37. The van der Waals surface area contributed by atoms with E-state index in [9.17, 15) is 0 Å². The normalized spacial score (nSPS) is 14.7. The van der Waals surface area contributed by atoms with Crippen molar-refractivity contribution in [2.45, 2.75) is 13.0 Å². The van der Waals surface area contributed by atoms with Crippen molar-refractivity contribution < 1.29 is 4.74 Å². The van der Waals surface area contributed by atoms with Crippen molar-refractivity contribution in [3.05, 3.63) is 71.9 Å². The fraction of sp³-hybridized carbons (Fsp3) is 0.200. The van der Waals surface area contributed by atoms with Gasteiger partial charge in [0.2, 0.25) is 0 Å². The highest BCUT2D eigenvalue weighted by Crippen LogP contribution is 2.30. The standard InChI is InChI=1S/C20H20N2O/c1-2-4-15(5-3-1)14-23-17-6-7-20-18(12-17)19(13-22-20)16-8-10-21-11-9-16/h1-8,12-13,21-22H,9-11,14H2. The Hall–Kier alpha value is -2.52. The van der Waals surface area contributed by atoms with Gasteiger partial charge in [0.15, 0.2) is 0 Å². The number of ether oxygens (including phenoxy) is 1. The second kappa shape index (κ2) is 6.31. The molecule has 0 atom stereocenters. The largest absolute Gasteiger partial charge is 0.489 e. The van der Waals surface area contributed by atoms with E-state index in [4.69, 9.17) is 4.74 Å². The molecule has 116 valence electrons. The van der Waals surface area contributed by atoms with Gasteiger partial charge in [-0.15, -0.1) is 0 Å². The number of nitrogens with one attached hydrogen (secondary N) is 2. The van der Waals surface area contributed by atoms with Gasteiger partial charge in [0, 0.05) is 29.2 Å². The molecule has 0 saturated carbocycles. The quantitative estimate of drug-likeness (QED) is 0.760. The van der Waals surface area contributed by atoms with Crippen molar-refractivity contribution in [2.75, 3.05) is 13.1 Å². The van der Waals surface area contributed by atoms with Crippen LogP contribution >= 0.6 is 0 Å². The summed E-state index contributed by atoms with van der Waals surface area (Å²) in [7, 11) is 0. The molecule has 0 spiro atoms. The lowest BCUT2D eigenvalue weighted by atomic mass is 10.00. The average molecular weight is 304 g/mol. The fourth-order valence-electron chi connectivity index (χ4n) is 3.06. The summed E-state index contributed by atoms with van der Waals surface area (Å²) in [5.41, 5.74) is 5.05. The maximum Gasteiger partial charge on any atom is 0.120 e. The van der Waals surface area contributed by atoms with Crippen LogP contribution in [0.25, 0.3) is 16.5 Å². The van der Waals surface area contributed by atoms with Crippen molar-refractivity contribution in [2.24, 2.45) is 0 Å². The van der Waals surface area contributed by atoms with Crippen LogP contribution in [0.15, 0.2) is 60.8 Å². The van der Waals surface area contributed by atoms with Gasteiger partial charge < -0.3 is 15.0 Å². The lowest BCUT2D eigenvalue weighted by Crippen LogP contribution is -2.19. The number of aromatic amines is 1. The Bertz CT molecular complexity index is 833. The van der Waals surface area contributed by atoms with E-state index in [-0.39, 0.29) is 0 Å². The molecular formula is C20H20N2O. The van der Waals surface area contributed by atoms with Gasteiger partial charge in [-0.3, -0.25) is 0 Å². The van der Waals surface area contributed by atoms with Crippen molar-refractivity contribution in [3.8, 4) is 5.75 Å². The van der Waals surface area contributed by atoms with E-state index in [1.54, 1.807) is 0 Å². The number of benzene rings is 2. The summed E-state index contributed by atoms with van der Waals surface area (Å²) in [6, 6.07) is 16.5. The maximum atomic E-state index is 5.97. The molecule has 3 aromatic rings. The molecule has 3 heteroatoms. The van der Waals surface area contributed by atoms with Gasteiger partial charge in [-0.05, 0) is 42.3 Å². The fourth-order valence-corrected chi connectivity index (χ4v) is 3.06. The number of fused-ring (bicyclic) bond motifs is 1. The Labute approximate surface area is 136 Å². The monoisotopic (exact) mass is 304 g/mol. The van der Waals surface area contributed by atoms with Crippen molar-refractivity contribution in [1.82, 2.24) is 10.3 Å². The summed E-state index contributed by atoms with van der Waals surface area (Å²) >= 11 is 0. The molecule has 1 aromatic heterocycles. The summed E-state index contributed by atoms with van der Waals surface area (Å²) in [6.07, 6.45) is 5.47. The lowest BCUT2D eigenvalue weighted by Gasteiger charge is -2.13. The Morgan fingerprint density at radius 3 is 2.78 bits per heavy atom. The van der Waals surface area contributed by atoms with Gasteiger partial charge in [0.05, 0.1) is 0 Å². The van der Waals surface area contributed by atoms with E-state index in [0.29, 0.717) is 6.61 Å². The highest BCUT2D eigenvalue weighted by Gasteiger charge is 2.11. The molecule has 1 aliphatic heterocycles. The van der Waals surface area contributed by atoms with Crippen LogP contribution in [0.2, 0.25) is 0 Å². The first-order valence-electron chi connectivity index (χ1n) is 8.08. The van der Waals surface area contributed by atoms with Gasteiger partial charge in [-0.2, -0.15) is 0 Å². The van der Waals surface area contributed by atoms with Crippen LogP contribution in [0.5, 0.6) is 5.75 Å². The van der Waals surface area contributed by atoms with Crippen LogP contribution in [0.3, 0.4) is 0 Å². The summed E-state index contributed by atoms with van der Waals surface area (Å²) < 4.78 is 5.97. The predicted molar refractivity (Wildman–Crippen MR) is 94.5 cm³/mol. The van der Waals surface area contributed by atoms with Crippen molar-refractivity contribution in [1.29, 1.82) is 0 Å². The molecule has 23 heavy (non-hydrogen) atoms. The van der Waals surface area contributed by atoms with Crippen LogP contribution in [0.1, 0.15) is 17.5 Å². The number of hydrogen-bond donors (Lipinski definition) is 2. The van der Waals surface area contributed by atoms with Crippen LogP contribution in [-0.2, 0) is 6.61 Å². The Kier molecular flexibility index (Phi) is 3.86. The molecule has 0 bridgehead atoms. The zero-order valence-corrected chi connectivity index (χ0v) is 13.0. The van der Waals surface area contributed by atoms with E-state index >= 15 is 0 Å². The zero-order chi connectivity index (χ0) is 15.5. The maximum absolute atomic E-state index is 5.97. The summed E-state index contributed by atoms with van der Waals surface area (Å²) in [6.45, 7) is 2.59. The SMILES string of the molecule is C1=C(c2c[nH]c3ccc(OCc4ccccc4)cc23)CCNC1. The van der Waals surface area contributed by atoms with Gasteiger partial charge in [0.25, 0.3) is 0 Å².